The lowest BCUT2D eigenvalue weighted by atomic mass is 9.94. The third-order valence-corrected chi connectivity index (χ3v) is 3.56. The first-order chi connectivity index (χ1) is 8.20. The molecule has 0 rings (SSSR count). The van der Waals surface area contributed by atoms with Crippen LogP contribution in [0.25, 0.3) is 0 Å². The largest absolute Gasteiger partial charge is 0.309 e. The van der Waals surface area contributed by atoms with E-state index in [2.05, 4.69) is 32.8 Å². The number of nitrogens with zero attached hydrogens (tertiary/aromatic N) is 1. The fourth-order valence-electron chi connectivity index (χ4n) is 2.56. The number of hydrogen-bond acceptors (Lipinski definition) is 1. The van der Waals surface area contributed by atoms with Crippen molar-refractivity contribution in [1.29, 1.82) is 0 Å². The summed E-state index contributed by atoms with van der Waals surface area (Å²) in [6, 6.07) is 0. The van der Waals surface area contributed by atoms with E-state index in [4.69, 9.17) is 0 Å². The van der Waals surface area contributed by atoms with E-state index < -0.39 is 0 Å². The Kier molecular flexibility index (Phi) is 12.4. The van der Waals surface area contributed by atoms with Gasteiger partial charge in [-0.05, 0) is 32.9 Å². The zero-order valence-corrected chi connectivity index (χ0v) is 12.8. The summed E-state index contributed by atoms with van der Waals surface area (Å²) in [4.78, 5) is 2.37. The predicted molar refractivity (Wildman–Crippen MR) is 79.6 cm³/mol. The van der Waals surface area contributed by atoms with Crippen LogP contribution in [0.15, 0.2) is 0 Å². The second kappa shape index (κ2) is 12.4. The molecule has 0 N–H and O–H groups in total. The first-order valence-corrected chi connectivity index (χ1v) is 7.85. The number of rotatable bonds is 12. The molecule has 0 bridgehead atoms. The van der Waals surface area contributed by atoms with Gasteiger partial charge in [0, 0.05) is 6.54 Å². The highest BCUT2D eigenvalue weighted by atomic mass is 15.1. The molecule has 0 fully saturated rings. The van der Waals surface area contributed by atoms with Crippen molar-refractivity contribution in [3.8, 4) is 0 Å². The van der Waals surface area contributed by atoms with Gasteiger partial charge in [0.15, 0.2) is 0 Å². The van der Waals surface area contributed by atoms with Gasteiger partial charge in [-0.2, -0.15) is 0 Å². The Morgan fingerprint density at radius 3 is 1.53 bits per heavy atom. The molecule has 0 radical (unpaired) electrons. The second-order valence-electron chi connectivity index (χ2n) is 5.83. The van der Waals surface area contributed by atoms with E-state index in [-0.39, 0.29) is 0 Å². The highest BCUT2D eigenvalue weighted by molar-refractivity contribution is 4.63. The predicted octanol–water partition coefficient (Wildman–Crippen LogP) is 5.11. The molecular weight excluding hydrogens is 206 g/mol. The fourth-order valence-corrected chi connectivity index (χ4v) is 2.56. The summed E-state index contributed by atoms with van der Waals surface area (Å²) in [7, 11) is 4.43. The monoisotopic (exact) mass is 241 g/mol. The Hall–Kier alpha value is -0.0400. The van der Waals surface area contributed by atoms with Crippen LogP contribution in [0.1, 0.15) is 78.1 Å². The van der Waals surface area contributed by atoms with Crippen molar-refractivity contribution >= 4 is 0 Å². The van der Waals surface area contributed by atoms with Gasteiger partial charge in [0.1, 0.15) is 0 Å². The van der Waals surface area contributed by atoms with Crippen LogP contribution in [0.3, 0.4) is 0 Å². The van der Waals surface area contributed by atoms with Crippen molar-refractivity contribution in [1.82, 2.24) is 4.90 Å². The average molecular weight is 241 g/mol. The Morgan fingerprint density at radius 1 is 0.706 bits per heavy atom. The molecule has 0 unspecified atom stereocenters. The summed E-state index contributed by atoms with van der Waals surface area (Å²) in [6.07, 6.45) is 14.2. The van der Waals surface area contributed by atoms with Crippen LogP contribution in [-0.4, -0.2) is 25.5 Å². The van der Waals surface area contributed by atoms with Gasteiger partial charge in [-0.15, -0.1) is 0 Å². The van der Waals surface area contributed by atoms with Crippen molar-refractivity contribution < 1.29 is 0 Å². The van der Waals surface area contributed by atoms with Crippen LogP contribution < -0.4 is 0 Å². The van der Waals surface area contributed by atoms with Crippen molar-refractivity contribution in [3.63, 3.8) is 0 Å². The molecule has 0 atom stereocenters. The maximum absolute atomic E-state index is 2.37. The minimum absolute atomic E-state index is 0.943. The van der Waals surface area contributed by atoms with Crippen molar-refractivity contribution in [2.24, 2.45) is 5.92 Å². The Morgan fingerprint density at radius 2 is 1.18 bits per heavy atom. The fraction of sp³-hybridized carbons (Fsp3) is 1.00. The highest BCUT2D eigenvalue weighted by Crippen LogP contribution is 2.18. The van der Waals surface area contributed by atoms with E-state index in [1.54, 1.807) is 0 Å². The number of hydrogen-bond donors (Lipinski definition) is 0. The maximum Gasteiger partial charge on any atom is 0.000356 e. The van der Waals surface area contributed by atoms with E-state index in [1.165, 1.54) is 70.8 Å². The normalized spacial score (nSPS) is 11.6. The van der Waals surface area contributed by atoms with Gasteiger partial charge in [-0.25, -0.2) is 0 Å². The molecule has 0 saturated heterocycles. The minimum Gasteiger partial charge on any atom is -0.309 e. The van der Waals surface area contributed by atoms with Crippen molar-refractivity contribution in [3.05, 3.63) is 0 Å². The van der Waals surface area contributed by atoms with Gasteiger partial charge in [0.05, 0.1) is 0 Å². The molecule has 104 valence electrons. The van der Waals surface area contributed by atoms with Crippen LogP contribution in [0.4, 0.5) is 0 Å². The molecule has 0 spiro atoms. The SMILES string of the molecule is CCCCCCC(CCCCCC)CN(C)C. The smallest absolute Gasteiger partial charge is 0.000356 e. The molecule has 1 nitrogen and oxygen atoms in total. The summed E-state index contributed by atoms with van der Waals surface area (Å²) in [5.41, 5.74) is 0. The van der Waals surface area contributed by atoms with E-state index in [1.807, 2.05) is 0 Å². The Labute approximate surface area is 110 Å². The molecule has 0 aromatic rings. The molecular formula is C16H35N. The summed E-state index contributed by atoms with van der Waals surface area (Å²) in [5, 5.41) is 0. The van der Waals surface area contributed by atoms with Gasteiger partial charge in [0.2, 0.25) is 0 Å². The van der Waals surface area contributed by atoms with Crippen molar-refractivity contribution in [2.45, 2.75) is 78.1 Å². The van der Waals surface area contributed by atoms with E-state index in [0.29, 0.717) is 0 Å². The lowest BCUT2D eigenvalue weighted by Gasteiger charge is -2.21. The van der Waals surface area contributed by atoms with Crippen LogP contribution >= 0.6 is 0 Å². The first-order valence-electron chi connectivity index (χ1n) is 7.85. The Bertz CT molecular complexity index is 130. The molecule has 0 aliphatic rings. The van der Waals surface area contributed by atoms with Crippen molar-refractivity contribution in [2.75, 3.05) is 20.6 Å². The van der Waals surface area contributed by atoms with Gasteiger partial charge in [-0.3, -0.25) is 0 Å². The van der Waals surface area contributed by atoms with Gasteiger partial charge >= 0.3 is 0 Å². The molecule has 0 heterocycles. The van der Waals surface area contributed by atoms with Crippen LogP contribution in [-0.2, 0) is 0 Å². The molecule has 0 aliphatic heterocycles. The lowest BCUT2D eigenvalue weighted by molar-refractivity contribution is 0.286. The van der Waals surface area contributed by atoms with E-state index in [9.17, 15) is 0 Å². The second-order valence-corrected chi connectivity index (χ2v) is 5.83. The highest BCUT2D eigenvalue weighted by Gasteiger charge is 2.09. The van der Waals surface area contributed by atoms with E-state index in [0.717, 1.165) is 5.92 Å². The molecule has 0 amide bonds. The summed E-state index contributed by atoms with van der Waals surface area (Å²) >= 11 is 0. The summed E-state index contributed by atoms with van der Waals surface area (Å²) < 4.78 is 0. The molecule has 0 aliphatic carbocycles. The quantitative estimate of drug-likeness (QED) is 0.429. The van der Waals surface area contributed by atoms with Crippen LogP contribution in [0, 0.1) is 5.92 Å². The van der Waals surface area contributed by atoms with Gasteiger partial charge < -0.3 is 4.90 Å². The third-order valence-electron chi connectivity index (χ3n) is 3.56. The van der Waals surface area contributed by atoms with Crippen LogP contribution in [0.2, 0.25) is 0 Å². The molecule has 1 heteroatoms. The molecule has 0 aromatic heterocycles. The average Bonchev–Trinajstić information content (AvgIpc) is 2.29. The number of unbranched alkanes of at least 4 members (excludes halogenated alkanes) is 6. The third kappa shape index (κ3) is 12.2. The summed E-state index contributed by atoms with van der Waals surface area (Å²) in [5.74, 6) is 0.943. The Balaban J connectivity index is 3.64. The lowest BCUT2D eigenvalue weighted by Crippen LogP contribution is -2.21. The molecule has 0 aromatic carbocycles. The van der Waals surface area contributed by atoms with Gasteiger partial charge in [0.25, 0.3) is 0 Å². The molecule has 0 saturated carbocycles. The van der Waals surface area contributed by atoms with E-state index >= 15 is 0 Å². The minimum atomic E-state index is 0.943. The maximum atomic E-state index is 2.37. The summed E-state index contributed by atoms with van der Waals surface area (Å²) in [6.45, 7) is 5.88. The zero-order chi connectivity index (χ0) is 12.9. The zero-order valence-electron chi connectivity index (χ0n) is 12.8. The topological polar surface area (TPSA) is 3.24 Å². The van der Waals surface area contributed by atoms with Gasteiger partial charge in [-0.1, -0.05) is 65.2 Å². The first kappa shape index (κ1) is 17.0. The standard InChI is InChI=1S/C16H35N/c1-5-7-9-11-13-16(15-17(3)4)14-12-10-8-6-2/h16H,5-15H2,1-4H3. The van der Waals surface area contributed by atoms with Crippen LogP contribution in [0.5, 0.6) is 0 Å². The molecule has 17 heavy (non-hydrogen) atoms.